The summed E-state index contributed by atoms with van der Waals surface area (Å²) >= 11 is 0.752. The van der Waals surface area contributed by atoms with Gasteiger partial charge in [-0.2, -0.15) is 22.5 Å². The highest BCUT2D eigenvalue weighted by atomic mass is 32.1. The van der Waals surface area contributed by atoms with Crippen molar-refractivity contribution in [3.8, 4) is 0 Å². The molecule has 8 heteroatoms. The van der Waals surface area contributed by atoms with Crippen molar-refractivity contribution in [1.29, 1.82) is 0 Å². The summed E-state index contributed by atoms with van der Waals surface area (Å²) in [4.78, 5) is 3.51. The number of nitrogens with one attached hydrogen (secondary N) is 1. The van der Waals surface area contributed by atoms with Crippen molar-refractivity contribution in [1.82, 2.24) is 9.36 Å². The smallest absolute Gasteiger partial charge is 0.375 e. The van der Waals surface area contributed by atoms with E-state index in [1.807, 2.05) is 0 Å². The topological polar surface area (TPSA) is 47.0 Å². The summed E-state index contributed by atoms with van der Waals surface area (Å²) in [5, 5.41) is 3.29. The van der Waals surface area contributed by atoms with Gasteiger partial charge in [0, 0.05) is 24.2 Å². The molecular formula is C12H18F3N3OS. The van der Waals surface area contributed by atoms with Gasteiger partial charge in [-0.3, -0.25) is 0 Å². The maximum absolute atomic E-state index is 12.4. The molecule has 0 saturated carbocycles. The Morgan fingerprint density at radius 3 is 2.65 bits per heavy atom. The molecule has 114 valence electrons. The van der Waals surface area contributed by atoms with E-state index in [2.05, 4.69) is 28.5 Å². The molecule has 0 aromatic carbocycles. The van der Waals surface area contributed by atoms with Crippen LogP contribution in [0.3, 0.4) is 0 Å². The third-order valence-electron chi connectivity index (χ3n) is 3.79. The van der Waals surface area contributed by atoms with Crippen LogP contribution in [0.15, 0.2) is 0 Å². The predicted molar refractivity (Wildman–Crippen MR) is 70.8 cm³/mol. The van der Waals surface area contributed by atoms with Crippen LogP contribution in [-0.4, -0.2) is 27.6 Å². The monoisotopic (exact) mass is 309 g/mol. The van der Waals surface area contributed by atoms with E-state index in [9.17, 15) is 13.2 Å². The zero-order valence-electron chi connectivity index (χ0n) is 11.5. The summed E-state index contributed by atoms with van der Waals surface area (Å²) < 4.78 is 46.5. The molecule has 1 aliphatic rings. The Labute approximate surface area is 119 Å². The molecule has 0 radical (unpaired) electrons. The zero-order valence-corrected chi connectivity index (χ0v) is 12.3. The molecular weight excluding hydrogens is 291 g/mol. The highest BCUT2D eigenvalue weighted by Crippen LogP contribution is 2.34. The van der Waals surface area contributed by atoms with E-state index < -0.39 is 12.0 Å². The van der Waals surface area contributed by atoms with Crippen LogP contribution in [-0.2, 0) is 10.9 Å². The van der Waals surface area contributed by atoms with E-state index in [-0.39, 0.29) is 16.8 Å². The summed E-state index contributed by atoms with van der Waals surface area (Å²) in [6.07, 6.45) is -1.15. The van der Waals surface area contributed by atoms with Gasteiger partial charge in [-0.25, -0.2) is 0 Å². The average molecular weight is 309 g/mol. The number of hydrogen-bond acceptors (Lipinski definition) is 5. The molecule has 0 bridgehead atoms. The van der Waals surface area contributed by atoms with Gasteiger partial charge in [-0.1, -0.05) is 13.8 Å². The van der Waals surface area contributed by atoms with Crippen molar-refractivity contribution in [2.45, 2.75) is 57.3 Å². The maximum atomic E-state index is 12.4. The SMILES string of the molecule is CCC1(CC)CC(Nc2nc(C(F)(F)F)ns2)CCO1. The first-order valence-electron chi connectivity index (χ1n) is 6.70. The number of ether oxygens (including phenoxy) is 1. The minimum absolute atomic E-state index is 0.0812. The van der Waals surface area contributed by atoms with Crippen LogP contribution in [0.5, 0.6) is 0 Å². The Kier molecular flexibility index (Phi) is 4.53. The van der Waals surface area contributed by atoms with Gasteiger partial charge in [0.15, 0.2) is 0 Å². The van der Waals surface area contributed by atoms with Crippen LogP contribution < -0.4 is 5.32 Å². The Hall–Kier alpha value is -0.890. The number of aromatic nitrogens is 2. The van der Waals surface area contributed by atoms with Gasteiger partial charge < -0.3 is 10.1 Å². The van der Waals surface area contributed by atoms with E-state index in [4.69, 9.17) is 4.74 Å². The Bertz CT molecular complexity index is 445. The molecule has 2 heterocycles. The van der Waals surface area contributed by atoms with Crippen LogP contribution in [0.25, 0.3) is 0 Å². The minimum atomic E-state index is -4.48. The Morgan fingerprint density at radius 2 is 2.10 bits per heavy atom. The zero-order chi connectivity index (χ0) is 14.8. The Balaban J connectivity index is 2.01. The normalized spacial score (nSPS) is 22.8. The summed E-state index contributed by atoms with van der Waals surface area (Å²) in [6.45, 7) is 4.75. The molecule has 1 aromatic rings. The van der Waals surface area contributed by atoms with Gasteiger partial charge in [0.25, 0.3) is 0 Å². The lowest BCUT2D eigenvalue weighted by Crippen LogP contribution is -2.43. The second kappa shape index (κ2) is 5.85. The standard InChI is InChI=1S/C12H18F3N3OS/c1-3-11(4-2)7-8(5-6-19-11)16-10-17-9(18-20-10)12(13,14)15/h8H,3-7H2,1-2H3,(H,16,17,18). The fourth-order valence-electron chi connectivity index (χ4n) is 2.47. The molecule has 1 aliphatic heterocycles. The summed E-state index contributed by atoms with van der Waals surface area (Å²) in [7, 11) is 0. The number of anilines is 1. The maximum Gasteiger partial charge on any atom is 0.452 e. The molecule has 4 nitrogen and oxygen atoms in total. The van der Waals surface area contributed by atoms with Crippen LogP contribution in [0.1, 0.15) is 45.4 Å². The first kappa shape index (κ1) is 15.5. The number of hydrogen-bond donors (Lipinski definition) is 1. The van der Waals surface area contributed by atoms with Crippen molar-refractivity contribution < 1.29 is 17.9 Å². The van der Waals surface area contributed by atoms with E-state index in [0.717, 1.165) is 37.2 Å². The number of alkyl halides is 3. The highest BCUT2D eigenvalue weighted by Gasteiger charge is 2.37. The molecule has 1 atom stereocenters. The fourth-order valence-corrected chi connectivity index (χ4v) is 3.13. The summed E-state index contributed by atoms with van der Waals surface area (Å²) in [6, 6.07) is 0.0812. The van der Waals surface area contributed by atoms with Crippen molar-refractivity contribution in [3.63, 3.8) is 0 Å². The first-order valence-corrected chi connectivity index (χ1v) is 7.47. The van der Waals surface area contributed by atoms with Gasteiger partial charge in [0.1, 0.15) is 0 Å². The molecule has 0 aliphatic carbocycles. The number of nitrogens with zero attached hydrogens (tertiary/aromatic N) is 2. The van der Waals surface area contributed by atoms with E-state index in [0.29, 0.717) is 6.61 Å². The largest absolute Gasteiger partial charge is 0.452 e. The fraction of sp³-hybridized carbons (Fsp3) is 0.833. The minimum Gasteiger partial charge on any atom is -0.375 e. The summed E-state index contributed by atoms with van der Waals surface area (Å²) in [5.41, 5.74) is -0.173. The molecule has 1 aromatic heterocycles. The van der Waals surface area contributed by atoms with E-state index in [1.165, 1.54) is 0 Å². The van der Waals surface area contributed by atoms with Crippen LogP contribution in [0.2, 0.25) is 0 Å². The van der Waals surface area contributed by atoms with Gasteiger partial charge in [0.2, 0.25) is 11.0 Å². The van der Waals surface area contributed by atoms with Crippen LogP contribution >= 0.6 is 11.5 Å². The van der Waals surface area contributed by atoms with E-state index in [1.54, 1.807) is 0 Å². The molecule has 1 unspecified atom stereocenters. The molecule has 1 saturated heterocycles. The van der Waals surface area contributed by atoms with Crippen molar-refractivity contribution in [2.24, 2.45) is 0 Å². The predicted octanol–water partition coefficient (Wildman–Crippen LogP) is 3.71. The van der Waals surface area contributed by atoms with Gasteiger partial charge in [-0.05, 0) is 25.7 Å². The van der Waals surface area contributed by atoms with E-state index >= 15 is 0 Å². The lowest BCUT2D eigenvalue weighted by atomic mass is 9.86. The van der Waals surface area contributed by atoms with Crippen molar-refractivity contribution >= 4 is 16.7 Å². The van der Waals surface area contributed by atoms with Gasteiger partial charge >= 0.3 is 6.18 Å². The lowest BCUT2D eigenvalue weighted by Gasteiger charge is -2.40. The summed E-state index contributed by atoms with van der Waals surface area (Å²) in [5.74, 6) is -1.07. The van der Waals surface area contributed by atoms with Gasteiger partial charge in [0.05, 0.1) is 5.60 Å². The van der Waals surface area contributed by atoms with Crippen LogP contribution in [0.4, 0.5) is 18.3 Å². The molecule has 2 rings (SSSR count). The average Bonchev–Trinajstić information content (AvgIpc) is 2.87. The second-order valence-corrected chi connectivity index (χ2v) is 5.75. The van der Waals surface area contributed by atoms with Crippen molar-refractivity contribution in [3.05, 3.63) is 5.82 Å². The van der Waals surface area contributed by atoms with Crippen molar-refractivity contribution in [2.75, 3.05) is 11.9 Å². The molecule has 0 amide bonds. The third-order valence-corrected chi connectivity index (χ3v) is 4.44. The molecule has 20 heavy (non-hydrogen) atoms. The quantitative estimate of drug-likeness (QED) is 0.921. The Morgan fingerprint density at radius 1 is 1.40 bits per heavy atom. The molecule has 0 spiro atoms. The van der Waals surface area contributed by atoms with Gasteiger partial charge in [-0.15, -0.1) is 0 Å². The molecule has 1 N–H and O–H groups in total. The number of halogens is 3. The molecule has 1 fully saturated rings. The van der Waals surface area contributed by atoms with Crippen LogP contribution in [0, 0.1) is 0 Å². The first-order chi connectivity index (χ1) is 9.38. The lowest BCUT2D eigenvalue weighted by molar-refractivity contribution is -0.144. The second-order valence-electron chi connectivity index (χ2n) is 4.99. The highest BCUT2D eigenvalue weighted by molar-refractivity contribution is 7.09. The number of rotatable bonds is 4. The third kappa shape index (κ3) is 3.41.